The van der Waals surface area contributed by atoms with E-state index in [2.05, 4.69) is 4.98 Å². The molecule has 0 spiro atoms. The molecule has 0 saturated heterocycles. The Bertz CT molecular complexity index is 664. The summed E-state index contributed by atoms with van der Waals surface area (Å²) in [7, 11) is 0. The summed E-state index contributed by atoms with van der Waals surface area (Å²) in [6.07, 6.45) is 6.35. The lowest BCUT2D eigenvalue weighted by molar-refractivity contribution is -0.152. The number of carbonyl (C=O) groups excluding carboxylic acids is 1. The number of hydrogen-bond donors (Lipinski definition) is 0. The van der Waals surface area contributed by atoms with Crippen LogP contribution in [0.5, 0.6) is 0 Å². The van der Waals surface area contributed by atoms with Gasteiger partial charge in [-0.05, 0) is 31.1 Å². The first-order chi connectivity index (χ1) is 10.8. The molecule has 0 radical (unpaired) electrons. The van der Waals surface area contributed by atoms with Crippen molar-refractivity contribution < 1.29 is 13.9 Å². The van der Waals surface area contributed by atoms with Gasteiger partial charge in [0.1, 0.15) is 0 Å². The third kappa shape index (κ3) is 2.54. The van der Waals surface area contributed by atoms with Gasteiger partial charge < -0.3 is 9.15 Å². The summed E-state index contributed by atoms with van der Waals surface area (Å²) in [6.45, 7) is 0.125. The highest BCUT2D eigenvalue weighted by atomic mass is 16.5. The van der Waals surface area contributed by atoms with Gasteiger partial charge in [0, 0.05) is 5.56 Å². The molecule has 0 aliphatic heterocycles. The van der Waals surface area contributed by atoms with Crippen molar-refractivity contribution in [3.63, 3.8) is 0 Å². The second kappa shape index (κ2) is 5.59. The number of aromatic nitrogens is 1. The predicted molar refractivity (Wildman–Crippen MR) is 80.7 cm³/mol. The molecule has 1 aromatic carbocycles. The SMILES string of the molecule is O=C(OCc1ncc(-c2ccccc2)o1)[C@@H]1C[C@H]2CC[C@H]1C2. The predicted octanol–water partition coefficient (Wildman–Crippen LogP) is 3.82. The van der Waals surface area contributed by atoms with Crippen molar-refractivity contribution in [2.75, 3.05) is 0 Å². The van der Waals surface area contributed by atoms with Gasteiger partial charge in [-0.2, -0.15) is 0 Å². The fourth-order valence-electron chi connectivity index (χ4n) is 3.89. The maximum atomic E-state index is 12.2. The maximum Gasteiger partial charge on any atom is 0.309 e. The average molecular weight is 297 g/mol. The van der Waals surface area contributed by atoms with Crippen LogP contribution >= 0.6 is 0 Å². The molecule has 2 aliphatic carbocycles. The van der Waals surface area contributed by atoms with E-state index in [1.807, 2.05) is 30.3 Å². The smallest absolute Gasteiger partial charge is 0.309 e. The summed E-state index contributed by atoms with van der Waals surface area (Å²) in [5, 5.41) is 0. The first-order valence-electron chi connectivity index (χ1n) is 7.96. The molecule has 2 fully saturated rings. The monoisotopic (exact) mass is 297 g/mol. The molecular weight excluding hydrogens is 278 g/mol. The van der Waals surface area contributed by atoms with E-state index < -0.39 is 0 Å². The molecule has 4 heteroatoms. The number of hydrogen-bond acceptors (Lipinski definition) is 4. The Hall–Kier alpha value is -2.10. The highest BCUT2D eigenvalue weighted by Crippen LogP contribution is 2.48. The van der Waals surface area contributed by atoms with Crippen LogP contribution in [0.15, 0.2) is 40.9 Å². The summed E-state index contributed by atoms with van der Waals surface area (Å²) in [6, 6.07) is 9.79. The summed E-state index contributed by atoms with van der Waals surface area (Å²) in [5.74, 6) is 2.46. The summed E-state index contributed by atoms with van der Waals surface area (Å²) in [5.41, 5.74) is 0.973. The zero-order valence-electron chi connectivity index (χ0n) is 12.4. The van der Waals surface area contributed by atoms with Crippen LogP contribution in [0.3, 0.4) is 0 Å². The van der Waals surface area contributed by atoms with E-state index in [4.69, 9.17) is 9.15 Å². The molecular formula is C18H19NO3. The van der Waals surface area contributed by atoms with Gasteiger partial charge in [0.05, 0.1) is 12.1 Å². The molecule has 2 bridgehead atoms. The highest BCUT2D eigenvalue weighted by molar-refractivity contribution is 5.73. The third-order valence-electron chi connectivity index (χ3n) is 4.99. The van der Waals surface area contributed by atoms with E-state index in [9.17, 15) is 4.79 Å². The molecule has 0 amide bonds. The van der Waals surface area contributed by atoms with Gasteiger partial charge in [0.2, 0.25) is 5.89 Å². The Balaban J connectivity index is 1.36. The van der Waals surface area contributed by atoms with E-state index in [0.717, 1.165) is 17.9 Å². The number of nitrogens with zero attached hydrogens (tertiary/aromatic N) is 1. The largest absolute Gasteiger partial charge is 0.455 e. The fourth-order valence-corrected chi connectivity index (χ4v) is 3.89. The number of rotatable bonds is 4. The van der Waals surface area contributed by atoms with Crippen molar-refractivity contribution in [1.82, 2.24) is 4.98 Å². The van der Waals surface area contributed by atoms with Crippen LogP contribution in [0.2, 0.25) is 0 Å². The van der Waals surface area contributed by atoms with Gasteiger partial charge in [-0.1, -0.05) is 36.8 Å². The van der Waals surface area contributed by atoms with Gasteiger partial charge >= 0.3 is 5.97 Å². The molecule has 2 aliphatic rings. The molecule has 4 rings (SSSR count). The van der Waals surface area contributed by atoms with Crippen LogP contribution < -0.4 is 0 Å². The fraction of sp³-hybridized carbons (Fsp3) is 0.444. The molecule has 2 aromatic rings. The Morgan fingerprint density at radius 3 is 2.82 bits per heavy atom. The molecule has 4 nitrogen and oxygen atoms in total. The van der Waals surface area contributed by atoms with Crippen LogP contribution in [0, 0.1) is 17.8 Å². The van der Waals surface area contributed by atoms with E-state index >= 15 is 0 Å². The van der Waals surface area contributed by atoms with Crippen molar-refractivity contribution in [2.45, 2.75) is 32.3 Å². The van der Waals surface area contributed by atoms with E-state index in [-0.39, 0.29) is 18.5 Å². The third-order valence-corrected chi connectivity index (χ3v) is 4.99. The average Bonchev–Trinajstić information content (AvgIpc) is 3.29. The first-order valence-corrected chi connectivity index (χ1v) is 7.96. The molecule has 1 heterocycles. The highest BCUT2D eigenvalue weighted by Gasteiger charge is 2.43. The molecule has 22 heavy (non-hydrogen) atoms. The Morgan fingerprint density at radius 1 is 1.23 bits per heavy atom. The number of benzene rings is 1. The van der Waals surface area contributed by atoms with Crippen LogP contribution in [-0.4, -0.2) is 11.0 Å². The normalized spacial score (nSPS) is 26.3. The summed E-state index contributed by atoms with van der Waals surface area (Å²) >= 11 is 0. The van der Waals surface area contributed by atoms with Crippen LogP contribution in [0.25, 0.3) is 11.3 Å². The lowest BCUT2D eigenvalue weighted by atomic mass is 9.89. The number of carbonyl (C=O) groups is 1. The molecule has 3 atom stereocenters. The van der Waals surface area contributed by atoms with Gasteiger partial charge in [-0.3, -0.25) is 4.79 Å². The lowest BCUT2D eigenvalue weighted by Crippen LogP contribution is -2.23. The van der Waals surface area contributed by atoms with Crippen LogP contribution in [-0.2, 0) is 16.1 Å². The van der Waals surface area contributed by atoms with Crippen LogP contribution in [0.1, 0.15) is 31.6 Å². The zero-order valence-corrected chi connectivity index (χ0v) is 12.4. The molecule has 1 aromatic heterocycles. The molecule has 114 valence electrons. The van der Waals surface area contributed by atoms with Gasteiger partial charge in [-0.25, -0.2) is 4.98 Å². The minimum Gasteiger partial charge on any atom is -0.455 e. The van der Waals surface area contributed by atoms with E-state index in [1.165, 1.54) is 19.3 Å². The molecule has 2 saturated carbocycles. The topological polar surface area (TPSA) is 52.3 Å². The maximum absolute atomic E-state index is 12.2. The van der Waals surface area contributed by atoms with E-state index in [0.29, 0.717) is 17.6 Å². The van der Waals surface area contributed by atoms with Crippen molar-refractivity contribution in [2.24, 2.45) is 17.8 Å². The van der Waals surface area contributed by atoms with Crippen molar-refractivity contribution >= 4 is 5.97 Å². The standard InChI is InChI=1S/C18H19NO3/c20-18(15-9-12-6-7-14(15)8-12)21-11-17-19-10-16(22-17)13-4-2-1-3-5-13/h1-5,10,12,14-15H,6-9,11H2/t12-,14-,15+/m0/s1. The molecule has 0 unspecified atom stereocenters. The lowest BCUT2D eigenvalue weighted by Gasteiger charge is -2.19. The minimum absolute atomic E-state index is 0.0772. The molecule has 0 N–H and O–H groups in total. The van der Waals surface area contributed by atoms with Gasteiger partial charge in [0.25, 0.3) is 0 Å². The van der Waals surface area contributed by atoms with Gasteiger partial charge in [-0.15, -0.1) is 0 Å². The Morgan fingerprint density at radius 2 is 2.09 bits per heavy atom. The number of ether oxygens (including phenoxy) is 1. The second-order valence-corrected chi connectivity index (χ2v) is 6.37. The first kappa shape index (κ1) is 13.6. The van der Waals surface area contributed by atoms with Crippen LogP contribution in [0.4, 0.5) is 0 Å². The zero-order chi connectivity index (χ0) is 14.9. The quantitative estimate of drug-likeness (QED) is 0.805. The summed E-state index contributed by atoms with van der Waals surface area (Å²) in [4.78, 5) is 16.4. The van der Waals surface area contributed by atoms with E-state index in [1.54, 1.807) is 6.20 Å². The minimum atomic E-state index is -0.0772. The number of oxazole rings is 1. The van der Waals surface area contributed by atoms with Crippen molar-refractivity contribution in [3.8, 4) is 11.3 Å². The Labute approximate surface area is 129 Å². The number of fused-ring (bicyclic) bond motifs is 2. The van der Waals surface area contributed by atoms with Crippen molar-refractivity contribution in [1.29, 1.82) is 0 Å². The Kier molecular flexibility index (Phi) is 3.45. The van der Waals surface area contributed by atoms with Gasteiger partial charge in [0.15, 0.2) is 12.4 Å². The number of esters is 1. The summed E-state index contributed by atoms with van der Waals surface area (Å²) < 4.78 is 11.1. The second-order valence-electron chi connectivity index (χ2n) is 6.37. The van der Waals surface area contributed by atoms with Crippen molar-refractivity contribution in [3.05, 3.63) is 42.4 Å².